The van der Waals surface area contributed by atoms with E-state index >= 15 is 0 Å². The summed E-state index contributed by atoms with van der Waals surface area (Å²) in [6.07, 6.45) is 0. The molecule has 0 aliphatic heterocycles. The molecule has 3 heteroatoms. The van der Waals surface area contributed by atoms with E-state index in [1.54, 1.807) is 12.1 Å². The lowest BCUT2D eigenvalue weighted by molar-refractivity contribution is -0.115. The van der Waals surface area contributed by atoms with Gasteiger partial charge in [0.2, 0.25) is 11.6 Å². The van der Waals surface area contributed by atoms with Crippen LogP contribution in [0.3, 0.4) is 0 Å². The Bertz CT molecular complexity index is 647. The van der Waals surface area contributed by atoms with Crippen LogP contribution in [0.15, 0.2) is 53.0 Å². The van der Waals surface area contributed by atoms with Gasteiger partial charge < -0.3 is 0 Å². The zero-order chi connectivity index (χ0) is 12.7. The van der Waals surface area contributed by atoms with Gasteiger partial charge in [0.05, 0.1) is 5.92 Å². The molecule has 2 aromatic carbocycles. The van der Waals surface area contributed by atoms with Crippen molar-refractivity contribution >= 4 is 27.5 Å². The molecule has 0 fully saturated rings. The Morgan fingerprint density at radius 3 is 2.33 bits per heavy atom. The molecule has 0 saturated carbocycles. The van der Waals surface area contributed by atoms with Crippen LogP contribution in [-0.2, 0) is 4.79 Å². The second-order valence-electron chi connectivity index (χ2n) is 4.24. The minimum absolute atomic E-state index is 0.344. The zero-order valence-corrected chi connectivity index (χ0v) is 11.0. The first-order chi connectivity index (χ1) is 8.70. The summed E-state index contributed by atoms with van der Waals surface area (Å²) in [4.78, 5) is 24.1. The van der Waals surface area contributed by atoms with E-state index in [1.807, 2.05) is 36.4 Å². The van der Waals surface area contributed by atoms with Crippen LogP contribution < -0.4 is 0 Å². The molecule has 2 aromatic rings. The molecule has 0 N–H and O–H groups in total. The molecule has 0 heterocycles. The maximum absolute atomic E-state index is 12.1. The Hall–Kier alpha value is -1.74. The van der Waals surface area contributed by atoms with E-state index in [0.717, 1.165) is 15.6 Å². The summed E-state index contributed by atoms with van der Waals surface area (Å²) < 4.78 is 0.813. The molecular weight excluding hydrogens is 292 g/mol. The van der Waals surface area contributed by atoms with Crippen LogP contribution in [-0.4, -0.2) is 11.6 Å². The first-order valence-electron chi connectivity index (χ1n) is 5.62. The molecule has 88 valence electrons. The normalized spacial score (nSPS) is 17.9. The fourth-order valence-electron chi connectivity index (χ4n) is 2.39. The maximum Gasteiger partial charge on any atom is 0.229 e. The van der Waals surface area contributed by atoms with Crippen LogP contribution in [0.1, 0.15) is 27.4 Å². The highest BCUT2D eigenvalue weighted by molar-refractivity contribution is 9.10. The monoisotopic (exact) mass is 300 g/mol. The van der Waals surface area contributed by atoms with Crippen LogP contribution in [0.2, 0.25) is 0 Å². The molecule has 0 saturated heterocycles. The smallest absolute Gasteiger partial charge is 0.229 e. The van der Waals surface area contributed by atoms with Gasteiger partial charge >= 0.3 is 0 Å². The second-order valence-corrected chi connectivity index (χ2v) is 5.09. The first kappa shape index (κ1) is 11.4. The van der Waals surface area contributed by atoms with Crippen molar-refractivity contribution < 1.29 is 9.59 Å². The average molecular weight is 301 g/mol. The summed E-state index contributed by atoms with van der Waals surface area (Å²) in [5.74, 6) is -1.20. The summed E-state index contributed by atoms with van der Waals surface area (Å²) in [5.41, 5.74) is 2.17. The van der Waals surface area contributed by atoms with E-state index < -0.39 is 5.92 Å². The minimum atomic E-state index is -0.468. The molecule has 1 aliphatic carbocycles. The van der Waals surface area contributed by atoms with Crippen molar-refractivity contribution in [1.29, 1.82) is 0 Å². The fraction of sp³-hybridized carbons (Fsp3) is 0.0667. The second kappa shape index (κ2) is 4.18. The van der Waals surface area contributed by atoms with Crippen LogP contribution >= 0.6 is 15.9 Å². The lowest BCUT2D eigenvalue weighted by Gasteiger charge is -2.11. The molecule has 3 rings (SSSR count). The first-order valence-corrected chi connectivity index (χ1v) is 6.41. The van der Waals surface area contributed by atoms with E-state index in [1.165, 1.54) is 0 Å². The number of ketones is 2. The van der Waals surface area contributed by atoms with E-state index in [-0.39, 0.29) is 11.6 Å². The number of carbonyl (C=O) groups is 2. The summed E-state index contributed by atoms with van der Waals surface area (Å²) >= 11 is 3.44. The van der Waals surface area contributed by atoms with E-state index in [4.69, 9.17) is 0 Å². The summed E-state index contributed by atoms with van der Waals surface area (Å²) in [6.45, 7) is 0. The fourth-order valence-corrected chi connectivity index (χ4v) is 2.98. The Labute approximate surface area is 113 Å². The van der Waals surface area contributed by atoms with Gasteiger partial charge in [0.1, 0.15) is 0 Å². The van der Waals surface area contributed by atoms with Crippen molar-refractivity contribution in [2.24, 2.45) is 0 Å². The number of hydrogen-bond acceptors (Lipinski definition) is 2. The van der Waals surface area contributed by atoms with Crippen molar-refractivity contribution in [2.45, 2.75) is 5.92 Å². The number of rotatable bonds is 1. The van der Waals surface area contributed by atoms with E-state index in [9.17, 15) is 9.59 Å². The summed E-state index contributed by atoms with van der Waals surface area (Å²) in [7, 11) is 0. The predicted octanol–water partition coefficient (Wildman–Crippen LogP) is 3.35. The minimum Gasteiger partial charge on any atom is -0.289 e. The predicted molar refractivity (Wildman–Crippen MR) is 71.8 cm³/mol. The van der Waals surface area contributed by atoms with Gasteiger partial charge in [-0.1, -0.05) is 58.4 Å². The molecule has 0 aromatic heterocycles. The number of hydrogen-bond donors (Lipinski definition) is 0. The van der Waals surface area contributed by atoms with Crippen LogP contribution in [0.4, 0.5) is 0 Å². The number of carbonyl (C=O) groups excluding carboxylic acids is 2. The van der Waals surface area contributed by atoms with E-state index in [2.05, 4.69) is 15.9 Å². The maximum atomic E-state index is 12.1. The highest BCUT2D eigenvalue weighted by Crippen LogP contribution is 2.39. The Morgan fingerprint density at radius 1 is 0.889 bits per heavy atom. The lowest BCUT2D eigenvalue weighted by Crippen LogP contribution is -2.13. The van der Waals surface area contributed by atoms with Gasteiger partial charge in [-0.25, -0.2) is 0 Å². The van der Waals surface area contributed by atoms with Gasteiger partial charge in [-0.3, -0.25) is 9.59 Å². The molecule has 0 amide bonds. The number of benzene rings is 2. The third kappa shape index (κ3) is 1.55. The van der Waals surface area contributed by atoms with Crippen LogP contribution in [0, 0.1) is 0 Å². The van der Waals surface area contributed by atoms with E-state index in [0.29, 0.717) is 5.56 Å². The van der Waals surface area contributed by atoms with Crippen LogP contribution in [0.5, 0.6) is 0 Å². The molecule has 1 unspecified atom stereocenters. The van der Waals surface area contributed by atoms with Crippen molar-refractivity contribution in [3.63, 3.8) is 0 Å². The largest absolute Gasteiger partial charge is 0.289 e. The molecule has 2 nitrogen and oxygen atoms in total. The molecule has 0 radical (unpaired) electrons. The Balaban J connectivity index is 2.25. The highest BCUT2D eigenvalue weighted by Gasteiger charge is 2.40. The van der Waals surface area contributed by atoms with Gasteiger partial charge in [0.25, 0.3) is 0 Å². The van der Waals surface area contributed by atoms with Crippen molar-refractivity contribution in [3.8, 4) is 0 Å². The summed E-state index contributed by atoms with van der Waals surface area (Å²) in [5, 5.41) is 0. The standard InChI is InChI=1S/C15H9BrO2/c16-11-8-4-7-10-13(11)12(15(18)14(10)17)9-5-2-1-3-6-9/h1-8,12H. The molecule has 0 spiro atoms. The Morgan fingerprint density at radius 2 is 1.61 bits per heavy atom. The van der Waals surface area contributed by atoms with Crippen molar-refractivity contribution in [3.05, 3.63) is 69.7 Å². The van der Waals surface area contributed by atoms with Gasteiger partial charge in [0.15, 0.2) is 0 Å². The van der Waals surface area contributed by atoms with Gasteiger partial charge in [0, 0.05) is 10.0 Å². The summed E-state index contributed by atoms with van der Waals surface area (Å²) in [6, 6.07) is 14.8. The third-order valence-corrected chi connectivity index (χ3v) is 3.90. The van der Waals surface area contributed by atoms with Crippen LogP contribution in [0.25, 0.3) is 0 Å². The molecule has 18 heavy (non-hydrogen) atoms. The number of halogens is 1. The molecule has 0 bridgehead atoms. The number of fused-ring (bicyclic) bond motifs is 1. The average Bonchev–Trinajstić information content (AvgIpc) is 2.65. The molecular formula is C15H9BrO2. The molecule has 1 aliphatic rings. The van der Waals surface area contributed by atoms with Gasteiger partial charge in [-0.05, 0) is 17.2 Å². The van der Waals surface area contributed by atoms with Crippen molar-refractivity contribution in [2.75, 3.05) is 0 Å². The highest BCUT2D eigenvalue weighted by atomic mass is 79.9. The lowest BCUT2D eigenvalue weighted by atomic mass is 9.92. The molecule has 1 atom stereocenters. The zero-order valence-electron chi connectivity index (χ0n) is 9.39. The quantitative estimate of drug-likeness (QED) is 0.757. The SMILES string of the molecule is O=C1C(=O)C(c2ccccc2)c2c(Br)cccc21. The van der Waals surface area contributed by atoms with Gasteiger partial charge in [-0.2, -0.15) is 0 Å². The topological polar surface area (TPSA) is 34.1 Å². The number of Topliss-reactive ketones (excluding diaryl/α,β-unsaturated/α-hetero) is 2. The van der Waals surface area contributed by atoms with Gasteiger partial charge in [-0.15, -0.1) is 0 Å². The Kier molecular flexibility index (Phi) is 2.63. The third-order valence-electron chi connectivity index (χ3n) is 3.21. The van der Waals surface area contributed by atoms with Crippen molar-refractivity contribution in [1.82, 2.24) is 0 Å².